The second kappa shape index (κ2) is 4.57. The number of aromatic nitrogens is 1. The van der Waals surface area contributed by atoms with Crippen molar-refractivity contribution in [2.75, 3.05) is 31.1 Å². The quantitative estimate of drug-likeness (QED) is 0.606. The molecule has 1 aliphatic heterocycles. The molecule has 1 aromatic heterocycles. The number of hydrogen-bond donors (Lipinski definition) is 2. The minimum absolute atomic E-state index is 0.122. The Labute approximate surface area is 107 Å². The fraction of sp³-hybridized carbons (Fsp3) is 0.538. The minimum atomic E-state index is 0.122. The van der Waals surface area contributed by atoms with Gasteiger partial charge in [-0.25, -0.2) is 0 Å². The molecule has 3 N–H and O–H groups in total. The van der Waals surface area contributed by atoms with Gasteiger partial charge in [-0.05, 0) is 18.9 Å². The number of nitrogens with zero attached hydrogens (tertiary/aromatic N) is 3. The van der Waals surface area contributed by atoms with Crippen molar-refractivity contribution in [3.63, 3.8) is 0 Å². The molecule has 0 radical (unpaired) electrons. The fourth-order valence-electron chi connectivity index (χ4n) is 2.63. The first-order valence-corrected chi connectivity index (χ1v) is 6.53. The van der Waals surface area contributed by atoms with Gasteiger partial charge < -0.3 is 10.6 Å². The fourth-order valence-corrected chi connectivity index (χ4v) is 2.63. The van der Waals surface area contributed by atoms with E-state index in [4.69, 9.17) is 11.1 Å². The summed E-state index contributed by atoms with van der Waals surface area (Å²) in [7, 11) is 0. The van der Waals surface area contributed by atoms with Crippen molar-refractivity contribution in [1.82, 2.24) is 9.88 Å². The molecule has 96 valence electrons. The lowest BCUT2D eigenvalue weighted by Crippen LogP contribution is -2.47. The first-order valence-electron chi connectivity index (χ1n) is 6.53. The number of piperazine rings is 1. The Morgan fingerprint density at radius 1 is 1.28 bits per heavy atom. The Kier molecular flexibility index (Phi) is 2.91. The number of nitrogen functional groups attached to an aromatic ring is 1. The number of anilines is 1. The summed E-state index contributed by atoms with van der Waals surface area (Å²) >= 11 is 0. The van der Waals surface area contributed by atoms with Gasteiger partial charge in [-0.15, -0.1) is 0 Å². The van der Waals surface area contributed by atoms with E-state index in [1.165, 1.54) is 12.8 Å². The molecule has 5 nitrogen and oxygen atoms in total. The van der Waals surface area contributed by atoms with Crippen LogP contribution in [0.1, 0.15) is 18.4 Å². The van der Waals surface area contributed by atoms with Crippen molar-refractivity contribution in [1.29, 1.82) is 5.41 Å². The highest BCUT2D eigenvalue weighted by Gasteiger charge is 2.31. The number of amidine groups is 1. The molecule has 0 aromatic carbocycles. The zero-order valence-corrected chi connectivity index (χ0v) is 10.5. The van der Waals surface area contributed by atoms with E-state index in [9.17, 15) is 0 Å². The van der Waals surface area contributed by atoms with E-state index < -0.39 is 0 Å². The highest BCUT2D eigenvalue weighted by Crippen LogP contribution is 2.29. The second-order valence-electron chi connectivity index (χ2n) is 5.06. The standard InChI is InChI=1S/C13H19N5/c14-13(15)11-3-4-16-9-12(11)18-7-5-17(6-8-18)10-1-2-10/h3-4,9-10H,1-2,5-8H2,(H3,14,15). The van der Waals surface area contributed by atoms with Crippen molar-refractivity contribution in [2.45, 2.75) is 18.9 Å². The predicted octanol–water partition coefficient (Wildman–Crippen LogP) is 0.650. The first kappa shape index (κ1) is 11.5. The molecule has 1 saturated heterocycles. The SMILES string of the molecule is N=C(N)c1ccncc1N1CCN(C2CC2)CC1. The van der Waals surface area contributed by atoms with Gasteiger partial charge in [0.1, 0.15) is 5.84 Å². The van der Waals surface area contributed by atoms with Gasteiger partial charge in [0.25, 0.3) is 0 Å². The molecule has 1 aliphatic carbocycles. The molecule has 2 fully saturated rings. The predicted molar refractivity (Wildman–Crippen MR) is 72.1 cm³/mol. The molecule has 0 bridgehead atoms. The van der Waals surface area contributed by atoms with Crippen molar-refractivity contribution in [3.05, 3.63) is 24.0 Å². The van der Waals surface area contributed by atoms with Gasteiger partial charge >= 0.3 is 0 Å². The van der Waals surface area contributed by atoms with Crippen LogP contribution >= 0.6 is 0 Å². The third kappa shape index (κ3) is 2.18. The van der Waals surface area contributed by atoms with E-state index in [1.807, 2.05) is 12.3 Å². The lowest BCUT2D eigenvalue weighted by atomic mass is 10.1. The molecule has 5 heteroatoms. The molecule has 0 atom stereocenters. The average molecular weight is 245 g/mol. The van der Waals surface area contributed by atoms with Gasteiger partial charge in [0, 0.05) is 44.0 Å². The molecular formula is C13H19N5. The van der Waals surface area contributed by atoms with E-state index in [0.29, 0.717) is 0 Å². The number of nitrogens with two attached hydrogens (primary N) is 1. The molecule has 0 unspecified atom stereocenters. The van der Waals surface area contributed by atoms with Crippen LogP contribution in [0.3, 0.4) is 0 Å². The Balaban J connectivity index is 1.73. The zero-order chi connectivity index (χ0) is 12.5. The minimum Gasteiger partial charge on any atom is -0.384 e. The van der Waals surface area contributed by atoms with Crippen LogP contribution in [0.5, 0.6) is 0 Å². The Bertz CT molecular complexity index is 446. The van der Waals surface area contributed by atoms with Gasteiger partial charge in [0.15, 0.2) is 0 Å². The van der Waals surface area contributed by atoms with Gasteiger partial charge in [-0.2, -0.15) is 0 Å². The average Bonchev–Trinajstić information content (AvgIpc) is 3.23. The van der Waals surface area contributed by atoms with Gasteiger partial charge in [-0.1, -0.05) is 0 Å². The lowest BCUT2D eigenvalue weighted by Gasteiger charge is -2.36. The van der Waals surface area contributed by atoms with Gasteiger partial charge in [-0.3, -0.25) is 15.3 Å². The molecule has 2 aliphatic rings. The zero-order valence-electron chi connectivity index (χ0n) is 10.5. The molecule has 1 saturated carbocycles. The van der Waals surface area contributed by atoms with Crippen LogP contribution in [0.2, 0.25) is 0 Å². The summed E-state index contributed by atoms with van der Waals surface area (Å²) in [5.74, 6) is 0.122. The van der Waals surface area contributed by atoms with E-state index >= 15 is 0 Å². The van der Waals surface area contributed by atoms with Gasteiger partial charge in [0.05, 0.1) is 11.9 Å². The van der Waals surface area contributed by atoms with Crippen LogP contribution in [-0.4, -0.2) is 47.9 Å². The van der Waals surface area contributed by atoms with E-state index in [1.54, 1.807) is 6.20 Å². The van der Waals surface area contributed by atoms with Crippen molar-refractivity contribution < 1.29 is 0 Å². The molecule has 0 amide bonds. The summed E-state index contributed by atoms with van der Waals surface area (Å²) in [5, 5.41) is 7.63. The molecular weight excluding hydrogens is 226 g/mol. The van der Waals surface area contributed by atoms with Crippen LogP contribution in [-0.2, 0) is 0 Å². The molecule has 3 rings (SSSR count). The first-order chi connectivity index (χ1) is 8.75. The number of pyridine rings is 1. The van der Waals surface area contributed by atoms with Crippen LogP contribution in [0.15, 0.2) is 18.5 Å². The summed E-state index contributed by atoms with van der Waals surface area (Å²) in [4.78, 5) is 9.03. The number of nitrogens with one attached hydrogen (secondary N) is 1. The maximum atomic E-state index is 7.63. The molecule has 0 spiro atoms. The molecule has 18 heavy (non-hydrogen) atoms. The Hall–Kier alpha value is -1.62. The number of rotatable bonds is 3. The normalized spacial score (nSPS) is 21.0. The smallest absolute Gasteiger partial charge is 0.125 e. The maximum absolute atomic E-state index is 7.63. The molecule has 1 aromatic rings. The summed E-state index contributed by atoms with van der Waals surface area (Å²) in [6, 6.07) is 2.67. The Morgan fingerprint density at radius 2 is 2.00 bits per heavy atom. The van der Waals surface area contributed by atoms with E-state index in [2.05, 4.69) is 14.8 Å². The second-order valence-corrected chi connectivity index (χ2v) is 5.06. The van der Waals surface area contributed by atoms with Crippen LogP contribution in [0.25, 0.3) is 0 Å². The van der Waals surface area contributed by atoms with E-state index in [-0.39, 0.29) is 5.84 Å². The summed E-state index contributed by atoms with van der Waals surface area (Å²) in [5.41, 5.74) is 7.42. The summed E-state index contributed by atoms with van der Waals surface area (Å²) in [6.07, 6.45) is 6.25. The third-order valence-corrected chi connectivity index (χ3v) is 3.81. The maximum Gasteiger partial charge on any atom is 0.125 e. The highest BCUT2D eigenvalue weighted by molar-refractivity contribution is 6.00. The summed E-state index contributed by atoms with van der Waals surface area (Å²) < 4.78 is 0. The summed E-state index contributed by atoms with van der Waals surface area (Å²) in [6.45, 7) is 4.22. The van der Waals surface area contributed by atoms with Crippen molar-refractivity contribution >= 4 is 11.5 Å². The lowest BCUT2D eigenvalue weighted by molar-refractivity contribution is 0.248. The largest absolute Gasteiger partial charge is 0.384 e. The van der Waals surface area contributed by atoms with Gasteiger partial charge in [0.2, 0.25) is 0 Å². The molecule has 2 heterocycles. The van der Waals surface area contributed by atoms with Crippen molar-refractivity contribution in [2.24, 2.45) is 5.73 Å². The van der Waals surface area contributed by atoms with E-state index in [0.717, 1.165) is 43.5 Å². The monoisotopic (exact) mass is 245 g/mol. The van der Waals surface area contributed by atoms with Crippen molar-refractivity contribution in [3.8, 4) is 0 Å². The van der Waals surface area contributed by atoms with Crippen LogP contribution in [0.4, 0.5) is 5.69 Å². The van der Waals surface area contributed by atoms with Crippen LogP contribution < -0.4 is 10.6 Å². The third-order valence-electron chi connectivity index (χ3n) is 3.81. The van der Waals surface area contributed by atoms with Crippen LogP contribution in [0, 0.1) is 5.41 Å². The topological polar surface area (TPSA) is 69.2 Å². The highest BCUT2D eigenvalue weighted by atomic mass is 15.3. The number of hydrogen-bond acceptors (Lipinski definition) is 4. The Morgan fingerprint density at radius 3 is 2.61 bits per heavy atom.